The lowest BCUT2D eigenvalue weighted by Gasteiger charge is -1.99. The van der Waals surface area contributed by atoms with Crippen LogP contribution in [0.5, 0.6) is 0 Å². The van der Waals surface area contributed by atoms with E-state index in [4.69, 9.17) is 10.1 Å². The van der Waals surface area contributed by atoms with Gasteiger partial charge in [0, 0.05) is 0 Å². The van der Waals surface area contributed by atoms with Crippen LogP contribution in [0.3, 0.4) is 0 Å². The molecule has 0 saturated carbocycles. The normalized spacial score (nSPS) is 13.6. The first kappa shape index (κ1) is 6.94. The highest BCUT2D eigenvalue weighted by atomic mass is 16.5. The summed E-state index contributed by atoms with van der Waals surface area (Å²) in [6, 6.07) is 0. The summed E-state index contributed by atoms with van der Waals surface area (Å²) in [7, 11) is -0.315. The van der Waals surface area contributed by atoms with E-state index in [9.17, 15) is 0 Å². The zero-order valence-electron chi connectivity index (χ0n) is 4.29. The molecular weight excluding hydrogens is 94.8 g/mol. The van der Waals surface area contributed by atoms with E-state index in [2.05, 4.69) is 4.65 Å². The van der Waals surface area contributed by atoms with E-state index in [0.29, 0.717) is 0 Å². The Morgan fingerprint density at radius 2 is 2.43 bits per heavy atom. The average molecular weight is 104 g/mol. The Morgan fingerprint density at radius 3 is 2.57 bits per heavy atom. The Hall–Kier alpha value is -0.0551. The van der Waals surface area contributed by atoms with Crippen LogP contribution >= 0.6 is 0 Å². The molecule has 0 aromatic rings. The number of hydrogen-bond acceptors (Lipinski definition) is 3. The maximum Gasteiger partial charge on any atom is 0.435 e. The minimum absolute atomic E-state index is 0.205. The summed E-state index contributed by atoms with van der Waals surface area (Å²) in [6.45, 7) is 1.80. The third-order valence-corrected chi connectivity index (χ3v) is 0.450. The molecule has 1 unspecified atom stereocenters. The van der Waals surface area contributed by atoms with Gasteiger partial charge in [-0.15, -0.1) is 0 Å². The van der Waals surface area contributed by atoms with Gasteiger partial charge in [0.05, 0.1) is 12.7 Å². The van der Waals surface area contributed by atoms with Gasteiger partial charge in [0.2, 0.25) is 0 Å². The highest BCUT2D eigenvalue weighted by Gasteiger charge is 1.91. The first-order valence-electron chi connectivity index (χ1n) is 2.14. The van der Waals surface area contributed by atoms with E-state index in [-0.39, 0.29) is 14.3 Å². The number of rotatable bonds is 3. The lowest BCUT2D eigenvalue weighted by atomic mass is 10.4. The standard InChI is InChI=1S/C3H9BO3/c1-3(5)2-7-4-6/h3-6H,2H2,1H3. The van der Waals surface area contributed by atoms with E-state index < -0.39 is 6.10 Å². The molecular formula is C3H9BO3. The SMILES string of the molecule is CC(O)COBO. The van der Waals surface area contributed by atoms with Gasteiger partial charge in [0.15, 0.2) is 0 Å². The van der Waals surface area contributed by atoms with Gasteiger partial charge in [-0.1, -0.05) is 0 Å². The van der Waals surface area contributed by atoms with Crippen molar-refractivity contribution in [3.8, 4) is 0 Å². The Morgan fingerprint density at radius 1 is 1.86 bits per heavy atom. The van der Waals surface area contributed by atoms with Crippen LogP contribution in [0.4, 0.5) is 0 Å². The first-order valence-corrected chi connectivity index (χ1v) is 2.14. The maximum atomic E-state index is 8.45. The Labute approximate surface area is 43.2 Å². The molecule has 0 heterocycles. The van der Waals surface area contributed by atoms with Crippen molar-refractivity contribution < 1.29 is 14.8 Å². The molecule has 4 heteroatoms. The van der Waals surface area contributed by atoms with Gasteiger partial charge in [-0.25, -0.2) is 0 Å². The van der Waals surface area contributed by atoms with Crippen LogP contribution in [0.25, 0.3) is 0 Å². The highest BCUT2D eigenvalue weighted by Crippen LogP contribution is 1.77. The van der Waals surface area contributed by atoms with Crippen LogP contribution < -0.4 is 0 Å². The van der Waals surface area contributed by atoms with Crippen molar-refractivity contribution in [1.29, 1.82) is 0 Å². The summed E-state index contributed by atoms with van der Waals surface area (Å²) in [6.07, 6.45) is -0.479. The predicted molar refractivity (Wildman–Crippen MR) is 27.0 cm³/mol. The molecule has 0 radical (unpaired) electrons. The van der Waals surface area contributed by atoms with Crippen molar-refractivity contribution in [2.75, 3.05) is 6.61 Å². The second-order valence-corrected chi connectivity index (χ2v) is 1.35. The smallest absolute Gasteiger partial charge is 0.430 e. The van der Waals surface area contributed by atoms with E-state index >= 15 is 0 Å². The summed E-state index contributed by atoms with van der Waals surface area (Å²) in [5.41, 5.74) is 0. The molecule has 1 atom stereocenters. The van der Waals surface area contributed by atoms with E-state index in [0.717, 1.165) is 0 Å². The molecule has 0 bridgehead atoms. The van der Waals surface area contributed by atoms with Crippen molar-refractivity contribution in [1.82, 2.24) is 0 Å². The van der Waals surface area contributed by atoms with Crippen LogP contribution in [0, 0.1) is 0 Å². The fourth-order valence-electron chi connectivity index (χ4n) is 0.223. The predicted octanol–water partition coefficient (Wildman–Crippen LogP) is -1.36. The fraction of sp³-hybridized carbons (Fsp3) is 1.00. The minimum atomic E-state index is -0.479. The monoisotopic (exact) mass is 104 g/mol. The van der Waals surface area contributed by atoms with E-state index in [1.807, 2.05) is 0 Å². The molecule has 0 fully saturated rings. The Bertz CT molecular complexity index is 39.2. The van der Waals surface area contributed by atoms with Crippen molar-refractivity contribution in [2.24, 2.45) is 0 Å². The lowest BCUT2D eigenvalue weighted by Crippen LogP contribution is -2.12. The molecule has 42 valence electrons. The molecule has 0 aromatic carbocycles. The van der Waals surface area contributed by atoms with Crippen molar-refractivity contribution in [2.45, 2.75) is 13.0 Å². The van der Waals surface area contributed by atoms with Crippen LogP contribution in [-0.4, -0.2) is 30.5 Å². The summed E-state index contributed by atoms with van der Waals surface area (Å²) in [4.78, 5) is 0. The summed E-state index contributed by atoms with van der Waals surface area (Å²) in [5.74, 6) is 0. The molecule has 0 rings (SSSR count). The zero-order valence-corrected chi connectivity index (χ0v) is 4.29. The van der Waals surface area contributed by atoms with Crippen LogP contribution in [-0.2, 0) is 4.65 Å². The van der Waals surface area contributed by atoms with Gasteiger partial charge in [-0.3, -0.25) is 0 Å². The number of hydrogen-bond donors (Lipinski definition) is 2. The average Bonchev–Trinajstić information content (AvgIpc) is 1.61. The van der Waals surface area contributed by atoms with Crippen molar-refractivity contribution >= 4 is 7.69 Å². The van der Waals surface area contributed by atoms with E-state index in [1.165, 1.54) is 0 Å². The second-order valence-electron chi connectivity index (χ2n) is 1.35. The largest absolute Gasteiger partial charge is 0.435 e. The molecule has 2 N–H and O–H groups in total. The quantitative estimate of drug-likeness (QED) is 0.435. The Kier molecular flexibility index (Phi) is 4.08. The first-order chi connectivity index (χ1) is 3.27. The number of aliphatic hydroxyl groups is 1. The van der Waals surface area contributed by atoms with E-state index in [1.54, 1.807) is 6.92 Å². The number of aliphatic hydroxyl groups excluding tert-OH is 1. The highest BCUT2D eigenvalue weighted by molar-refractivity contribution is 6.15. The van der Waals surface area contributed by atoms with Crippen LogP contribution in [0.1, 0.15) is 6.92 Å². The zero-order chi connectivity index (χ0) is 5.70. The topological polar surface area (TPSA) is 49.7 Å². The Balaban J connectivity index is 2.68. The van der Waals surface area contributed by atoms with Gasteiger partial charge < -0.3 is 14.8 Å². The molecule has 0 spiro atoms. The molecule has 3 nitrogen and oxygen atoms in total. The van der Waals surface area contributed by atoms with Gasteiger partial charge >= 0.3 is 7.69 Å². The third kappa shape index (κ3) is 5.94. The maximum absolute atomic E-state index is 8.45. The molecule has 0 amide bonds. The molecule has 0 aliphatic carbocycles. The lowest BCUT2D eigenvalue weighted by molar-refractivity contribution is 0.116. The minimum Gasteiger partial charge on any atom is -0.430 e. The third-order valence-electron chi connectivity index (χ3n) is 0.450. The summed E-state index contributed by atoms with van der Waals surface area (Å²) < 4.78 is 4.40. The van der Waals surface area contributed by atoms with Gasteiger partial charge in [-0.2, -0.15) is 0 Å². The molecule has 0 saturated heterocycles. The van der Waals surface area contributed by atoms with Gasteiger partial charge in [-0.05, 0) is 6.92 Å². The van der Waals surface area contributed by atoms with Gasteiger partial charge in [0.1, 0.15) is 0 Å². The van der Waals surface area contributed by atoms with Crippen LogP contribution in [0.2, 0.25) is 0 Å². The molecule has 0 aromatic heterocycles. The van der Waals surface area contributed by atoms with Crippen molar-refractivity contribution in [3.05, 3.63) is 0 Å². The molecule has 7 heavy (non-hydrogen) atoms. The fourth-order valence-corrected chi connectivity index (χ4v) is 0.223. The van der Waals surface area contributed by atoms with Crippen LogP contribution in [0.15, 0.2) is 0 Å². The molecule has 0 aliphatic rings. The summed E-state index contributed by atoms with van der Waals surface area (Å²) in [5, 5.41) is 16.4. The second kappa shape index (κ2) is 4.11. The molecule has 0 aliphatic heterocycles. The van der Waals surface area contributed by atoms with Crippen molar-refractivity contribution in [3.63, 3.8) is 0 Å². The van der Waals surface area contributed by atoms with Gasteiger partial charge in [0.25, 0.3) is 0 Å². The summed E-state index contributed by atoms with van der Waals surface area (Å²) >= 11 is 0.